The molecule has 4 heteroatoms. The summed E-state index contributed by atoms with van der Waals surface area (Å²) < 4.78 is 5.72. The first-order chi connectivity index (χ1) is 10.2. The lowest BCUT2D eigenvalue weighted by molar-refractivity contribution is 0.514. The summed E-state index contributed by atoms with van der Waals surface area (Å²) in [4.78, 5) is 0. The van der Waals surface area contributed by atoms with Crippen LogP contribution < -0.4 is 5.32 Å². The molecule has 2 aromatic carbocycles. The van der Waals surface area contributed by atoms with Crippen LogP contribution in [0.2, 0.25) is 0 Å². The first-order valence-corrected chi connectivity index (χ1v) is 6.91. The summed E-state index contributed by atoms with van der Waals surface area (Å²) in [5.74, 6) is 1.14. The first kappa shape index (κ1) is 13.4. The summed E-state index contributed by atoms with van der Waals surface area (Å²) in [5.41, 5.74) is 4.36. The molecule has 1 aromatic heterocycles. The van der Waals surface area contributed by atoms with Crippen LogP contribution in [0.25, 0.3) is 11.5 Å². The van der Waals surface area contributed by atoms with E-state index in [-0.39, 0.29) is 0 Å². The molecule has 4 nitrogen and oxygen atoms in total. The highest BCUT2D eigenvalue weighted by molar-refractivity contribution is 5.57. The van der Waals surface area contributed by atoms with Crippen molar-refractivity contribution in [3.05, 3.63) is 65.5 Å². The smallest absolute Gasteiger partial charge is 0.248 e. The van der Waals surface area contributed by atoms with Crippen molar-refractivity contribution in [1.29, 1.82) is 0 Å². The van der Waals surface area contributed by atoms with Gasteiger partial charge in [-0.1, -0.05) is 30.3 Å². The van der Waals surface area contributed by atoms with Crippen LogP contribution in [0.3, 0.4) is 0 Å². The second-order valence-electron chi connectivity index (χ2n) is 5.04. The number of aromatic nitrogens is 2. The van der Waals surface area contributed by atoms with E-state index >= 15 is 0 Å². The van der Waals surface area contributed by atoms with Gasteiger partial charge in [0.15, 0.2) is 0 Å². The lowest BCUT2D eigenvalue weighted by Gasteiger charge is -2.04. The Morgan fingerprint density at radius 3 is 2.67 bits per heavy atom. The van der Waals surface area contributed by atoms with E-state index in [1.807, 2.05) is 43.3 Å². The molecular weight excluding hydrogens is 262 g/mol. The third kappa shape index (κ3) is 3.11. The summed E-state index contributed by atoms with van der Waals surface area (Å²) in [6, 6.07) is 16.2. The molecule has 106 valence electrons. The van der Waals surface area contributed by atoms with Gasteiger partial charge in [0.25, 0.3) is 0 Å². The van der Waals surface area contributed by atoms with Gasteiger partial charge in [0, 0.05) is 11.3 Å². The van der Waals surface area contributed by atoms with Gasteiger partial charge in [-0.25, -0.2) is 0 Å². The molecule has 0 aliphatic rings. The number of hydrogen-bond donors (Lipinski definition) is 1. The molecule has 0 radical (unpaired) electrons. The van der Waals surface area contributed by atoms with Crippen LogP contribution in [0.1, 0.15) is 17.0 Å². The quantitative estimate of drug-likeness (QED) is 0.785. The van der Waals surface area contributed by atoms with Gasteiger partial charge in [-0.15, -0.1) is 10.2 Å². The molecule has 0 saturated heterocycles. The van der Waals surface area contributed by atoms with Gasteiger partial charge in [-0.05, 0) is 43.2 Å². The van der Waals surface area contributed by atoms with Gasteiger partial charge >= 0.3 is 0 Å². The van der Waals surface area contributed by atoms with Crippen molar-refractivity contribution >= 4 is 5.69 Å². The number of benzene rings is 2. The number of hydrogen-bond acceptors (Lipinski definition) is 4. The average Bonchev–Trinajstić information content (AvgIpc) is 2.94. The Morgan fingerprint density at radius 1 is 1.00 bits per heavy atom. The predicted octanol–water partition coefficient (Wildman–Crippen LogP) is 3.97. The van der Waals surface area contributed by atoms with Gasteiger partial charge in [0.1, 0.15) is 0 Å². The normalized spacial score (nSPS) is 10.6. The van der Waals surface area contributed by atoms with Gasteiger partial charge in [-0.2, -0.15) is 0 Å². The molecule has 3 rings (SSSR count). The molecule has 0 unspecified atom stereocenters. The molecule has 0 spiro atoms. The molecule has 21 heavy (non-hydrogen) atoms. The zero-order valence-corrected chi connectivity index (χ0v) is 12.1. The largest absolute Gasteiger partial charge is 0.419 e. The van der Waals surface area contributed by atoms with E-state index in [0.717, 1.165) is 16.8 Å². The molecule has 1 heterocycles. The molecule has 0 atom stereocenters. The zero-order valence-electron chi connectivity index (χ0n) is 12.1. The average molecular weight is 279 g/mol. The van der Waals surface area contributed by atoms with E-state index < -0.39 is 0 Å². The standard InChI is InChI=1S/C17H17N3O/c1-12-6-5-8-14(10-12)18-11-16-19-20-17(21-16)15-9-4-3-7-13(15)2/h3-10,18H,11H2,1-2H3. The van der Waals surface area contributed by atoms with Crippen molar-refractivity contribution in [2.24, 2.45) is 0 Å². The van der Waals surface area contributed by atoms with E-state index in [1.165, 1.54) is 5.56 Å². The second kappa shape index (κ2) is 5.79. The summed E-state index contributed by atoms with van der Waals surface area (Å²) >= 11 is 0. The lowest BCUT2D eigenvalue weighted by Crippen LogP contribution is -1.99. The highest BCUT2D eigenvalue weighted by Crippen LogP contribution is 2.21. The van der Waals surface area contributed by atoms with Crippen LogP contribution in [0.5, 0.6) is 0 Å². The number of nitrogens with one attached hydrogen (secondary N) is 1. The highest BCUT2D eigenvalue weighted by Gasteiger charge is 2.10. The number of rotatable bonds is 4. The highest BCUT2D eigenvalue weighted by atomic mass is 16.4. The first-order valence-electron chi connectivity index (χ1n) is 6.91. The zero-order chi connectivity index (χ0) is 14.7. The van der Waals surface area contributed by atoms with E-state index in [2.05, 4.69) is 34.6 Å². The van der Waals surface area contributed by atoms with Crippen LogP contribution in [0, 0.1) is 13.8 Å². The van der Waals surface area contributed by atoms with E-state index in [0.29, 0.717) is 18.3 Å². The van der Waals surface area contributed by atoms with Crippen LogP contribution in [0.15, 0.2) is 52.9 Å². The molecule has 0 aliphatic carbocycles. The monoisotopic (exact) mass is 279 g/mol. The third-order valence-electron chi connectivity index (χ3n) is 3.30. The number of aryl methyl sites for hydroxylation is 2. The van der Waals surface area contributed by atoms with Gasteiger partial charge in [0.05, 0.1) is 6.54 Å². The van der Waals surface area contributed by atoms with Crippen molar-refractivity contribution in [2.75, 3.05) is 5.32 Å². The Kier molecular flexibility index (Phi) is 3.69. The lowest BCUT2D eigenvalue weighted by atomic mass is 10.1. The minimum Gasteiger partial charge on any atom is -0.419 e. The van der Waals surface area contributed by atoms with Crippen molar-refractivity contribution in [3.63, 3.8) is 0 Å². The van der Waals surface area contributed by atoms with Gasteiger partial charge < -0.3 is 9.73 Å². The Labute approximate surface area is 123 Å². The summed E-state index contributed by atoms with van der Waals surface area (Å²) in [6.07, 6.45) is 0. The SMILES string of the molecule is Cc1cccc(NCc2nnc(-c3ccccc3C)o2)c1. The van der Waals surface area contributed by atoms with Crippen LogP contribution in [-0.2, 0) is 6.54 Å². The maximum Gasteiger partial charge on any atom is 0.248 e. The maximum absolute atomic E-state index is 5.72. The molecule has 0 aliphatic heterocycles. The Balaban J connectivity index is 1.72. The van der Waals surface area contributed by atoms with Gasteiger partial charge in [0.2, 0.25) is 11.8 Å². The maximum atomic E-state index is 5.72. The van der Waals surface area contributed by atoms with E-state index in [9.17, 15) is 0 Å². The van der Waals surface area contributed by atoms with Crippen LogP contribution in [-0.4, -0.2) is 10.2 Å². The topological polar surface area (TPSA) is 51.0 Å². The van der Waals surface area contributed by atoms with Crippen LogP contribution in [0.4, 0.5) is 5.69 Å². The molecule has 0 fully saturated rings. The summed E-state index contributed by atoms with van der Waals surface area (Å²) in [7, 11) is 0. The molecule has 0 amide bonds. The van der Waals surface area contributed by atoms with Crippen molar-refractivity contribution in [3.8, 4) is 11.5 Å². The van der Waals surface area contributed by atoms with E-state index in [4.69, 9.17) is 4.42 Å². The fourth-order valence-electron chi connectivity index (χ4n) is 2.18. The fraction of sp³-hybridized carbons (Fsp3) is 0.176. The predicted molar refractivity (Wildman–Crippen MR) is 83.0 cm³/mol. The molecular formula is C17H17N3O. The summed E-state index contributed by atoms with van der Waals surface area (Å²) in [5, 5.41) is 11.5. The van der Waals surface area contributed by atoms with Crippen molar-refractivity contribution in [2.45, 2.75) is 20.4 Å². The third-order valence-corrected chi connectivity index (χ3v) is 3.30. The number of anilines is 1. The minimum atomic E-state index is 0.516. The Bertz CT molecular complexity index is 749. The molecule has 3 aromatic rings. The van der Waals surface area contributed by atoms with Gasteiger partial charge in [-0.3, -0.25) is 0 Å². The molecule has 0 bridgehead atoms. The Morgan fingerprint density at radius 2 is 1.86 bits per heavy atom. The number of nitrogens with zero attached hydrogens (tertiary/aromatic N) is 2. The van der Waals surface area contributed by atoms with Crippen molar-refractivity contribution in [1.82, 2.24) is 10.2 Å². The summed E-state index contributed by atoms with van der Waals surface area (Å²) in [6.45, 7) is 4.61. The van der Waals surface area contributed by atoms with Crippen molar-refractivity contribution < 1.29 is 4.42 Å². The van der Waals surface area contributed by atoms with Crippen LogP contribution >= 0.6 is 0 Å². The van der Waals surface area contributed by atoms with E-state index in [1.54, 1.807) is 0 Å². The Hall–Kier alpha value is -2.62. The molecule has 0 saturated carbocycles. The minimum absolute atomic E-state index is 0.516. The molecule has 1 N–H and O–H groups in total. The fourth-order valence-corrected chi connectivity index (χ4v) is 2.18. The second-order valence-corrected chi connectivity index (χ2v) is 5.04.